The molecule has 1 heterocycles. The Morgan fingerprint density at radius 2 is 2.00 bits per heavy atom. The second-order valence-electron chi connectivity index (χ2n) is 4.31. The molecular formula is C15H17N3O2. The third kappa shape index (κ3) is 3.98. The third-order valence-corrected chi connectivity index (χ3v) is 2.84. The van der Waals surface area contributed by atoms with Gasteiger partial charge in [0.2, 0.25) is 5.88 Å². The van der Waals surface area contributed by atoms with Crippen molar-refractivity contribution in [3.63, 3.8) is 0 Å². The van der Waals surface area contributed by atoms with Crippen LogP contribution in [-0.2, 0) is 6.42 Å². The Bertz CT molecular complexity index is 553. The van der Waals surface area contributed by atoms with Crippen molar-refractivity contribution in [3.05, 3.63) is 59.8 Å². The summed E-state index contributed by atoms with van der Waals surface area (Å²) < 4.78 is 5.54. The summed E-state index contributed by atoms with van der Waals surface area (Å²) in [6.07, 6.45) is 3.41. The second-order valence-corrected chi connectivity index (χ2v) is 4.31. The van der Waals surface area contributed by atoms with Crippen molar-refractivity contribution < 1.29 is 9.94 Å². The lowest BCUT2D eigenvalue weighted by atomic mass is 10.1. The van der Waals surface area contributed by atoms with Gasteiger partial charge in [-0.15, -0.1) is 0 Å². The highest BCUT2D eigenvalue weighted by molar-refractivity contribution is 5.96. The van der Waals surface area contributed by atoms with Crippen molar-refractivity contribution >= 4 is 5.84 Å². The van der Waals surface area contributed by atoms with Crippen LogP contribution in [0.5, 0.6) is 5.88 Å². The van der Waals surface area contributed by atoms with Crippen molar-refractivity contribution in [3.8, 4) is 5.88 Å². The zero-order chi connectivity index (χ0) is 14.2. The molecule has 5 heteroatoms. The van der Waals surface area contributed by atoms with Crippen LogP contribution in [0.1, 0.15) is 17.5 Å². The Hall–Kier alpha value is -2.56. The number of hydrogen-bond acceptors (Lipinski definition) is 4. The first-order chi connectivity index (χ1) is 9.79. The van der Waals surface area contributed by atoms with Crippen molar-refractivity contribution in [1.82, 2.24) is 4.98 Å². The van der Waals surface area contributed by atoms with Gasteiger partial charge in [0.05, 0.1) is 6.61 Å². The summed E-state index contributed by atoms with van der Waals surface area (Å²) in [6.45, 7) is 0.602. The number of benzene rings is 1. The number of hydrogen-bond donors (Lipinski definition) is 2. The van der Waals surface area contributed by atoms with Crippen molar-refractivity contribution in [1.29, 1.82) is 0 Å². The van der Waals surface area contributed by atoms with Crippen LogP contribution in [0.3, 0.4) is 0 Å². The van der Waals surface area contributed by atoms with E-state index in [1.54, 1.807) is 12.1 Å². The molecule has 0 radical (unpaired) electrons. The van der Waals surface area contributed by atoms with E-state index in [0.717, 1.165) is 12.8 Å². The minimum atomic E-state index is 0.0353. The van der Waals surface area contributed by atoms with Crippen LogP contribution < -0.4 is 10.5 Å². The number of nitrogens with zero attached hydrogens (tertiary/aromatic N) is 2. The van der Waals surface area contributed by atoms with Crippen LogP contribution in [0.2, 0.25) is 0 Å². The Balaban J connectivity index is 1.77. The van der Waals surface area contributed by atoms with Gasteiger partial charge in [0.15, 0.2) is 5.84 Å². The molecule has 0 atom stereocenters. The molecule has 0 aliphatic carbocycles. The number of oxime groups is 1. The Kier molecular flexibility index (Phi) is 4.94. The van der Waals surface area contributed by atoms with E-state index in [0.29, 0.717) is 18.1 Å². The second kappa shape index (κ2) is 7.13. The summed E-state index contributed by atoms with van der Waals surface area (Å²) in [5, 5.41) is 11.5. The predicted molar refractivity (Wildman–Crippen MR) is 77.0 cm³/mol. The maximum atomic E-state index is 8.54. The highest BCUT2D eigenvalue weighted by Gasteiger charge is 2.01. The quantitative estimate of drug-likeness (QED) is 0.277. The zero-order valence-electron chi connectivity index (χ0n) is 11.1. The first kappa shape index (κ1) is 13.9. The van der Waals surface area contributed by atoms with E-state index in [2.05, 4.69) is 22.3 Å². The van der Waals surface area contributed by atoms with Gasteiger partial charge in [-0.25, -0.2) is 4.98 Å². The van der Waals surface area contributed by atoms with Crippen LogP contribution in [0.15, 0.2) is 53.8 Å². The minimum Gasteiger partial charge on any atom is -0.478 e. The molecule has 2 aromatic rings. The largest absolute Gasteiger partial charge is 0.478 e. The summed E-state index contributed by atoms with van der Waals surface area (Å²) in [4.78, 5) is 4.10. The molecule has 0 spiro atoms. The summed E-state index contributed by atoms with van der Waals surface area (Å²) in [7, 11) is 0. The molecule has 0 aliphatic heterocycles. The standard InChI is InChI=1S/C15H17N3O2/c16-15(18-19)13-8-9-14(17-11-13)20-10-4-7-12-5-2-1-3-6-12/h1-3,5-6,8-9,11,19H,4,7,10H2,(H2,16,18). The van der Waals surface area contributed by atoms with Gasteiger partial charge in [0, 0.05) is 17.8 Å². The molecule has 104 valence electrons. The van der Waals surface area contributed by atoms with E-state index < -0.39 is 0 Å². The minimum absolute atomic E-state index is 0.0353. The van der Waals surface area contributed by atoms with Crippen molar-refractivity contribution in [2.24, 2.45) is 10.9 Å². The van der Waals surface area contributed by atoms with Crippen molar-refractivity contribution in [2.45, 2.75) is 12.8 Å². The molecule has 0 fully saturated rings. The summed E-state index contributed by atoms with van der Waals surface area (Å²) in [5.74, 6) is 0.570. The summed E-state index contributed by atoms with van der Waals surface area (Å²) in [5.41, 5.74) is 7.31. The average molecular weight is 271 g/mol. The van der Waals surface area contributed by atoms with Gasteiger partial charge in [-0.2, -0.15) is 0 Å². The highest BCUT2D eigenvalue weighted by Crippen LogP contribution is 2.09. The van der Waals surface area contributed by atoms with Crippen LogP contribution in [0.4, 0.5) is 0 Å². The van der Waals surface area contributed by atoms with Crippen LogP contribution >= 0.6 is 0 Å². The van der Waals surface area contributed by atoms with Gasteiger partial charge in [-0.1, -0.05) is 35.5 Å². The summed E-state index contributed by atoms with van der Waals surface area (Å²) >= 11 is 0. The lowest BCUT2D eigenvalue weighted by Gasteiger charge is -2.06. The molecule has 1 aromatic heterocycles. The van der Waals surface area contributed by atoms with E-state index in [1.165, 1.54) is 11.8 Å². The van der Waals surface area contributed by atoms with E-state index in [9.17, 15) is 0 Å². The Labute approximate surface area is 117 Å². The van der Waals surface area contributed by atoms with E-state index in [-0.39, 0.29) is 5.84 Å². The number of rotatable bonds is 6. The monoisotopic (exact) mass is 271 g/mol. The first-order valence-electron chi connectivity index (χ1n) is 6.40. The average Bonchev–Trinajstić information content (AvgIpc) is 2.52. The smallest absolute Gasteiger partial charge is 0.213 e. The maximum absolute atomic E-state index is 8.54. The molecule has 0 amide bonds. The van der Waals surface area contributed by atoms with Gasteiger partial charge < -0.3 is 15.7 Å². The zero-order valence-corrected chi connectivity index (χ0v) is 11.1. The number of ether oxygens (including phenoxy) is 1. The van der Waals surface area contributed by atoms with Crippen molar-refractivity contribution in [2.75, 3.05) is 6.61 Å². The number of aromatic nitrogens is 1. The first-order valence-corrected chi connectivity index (χ1v) is 6.40. The number of pyridine rings is 1. The molecule has 0 saturated heterocycles. The fourth-order valence-electron chi connectivity index (χ4n) is 1.77. The molecule has 20 heavy (non-hydrogen) atoms. The molecule has 5 nitrogen and oxygen atoms in total. The molecular weight excluding hydrogens is 254 g/mol. The van der Waals surface area contributed by atoms with Gasteiger partial charge in [-0.05, 0) is 24.5 Å². The van der Waals surface area contributed by atoms with Gasteiger partial charge in [0.1, 0.15) is 0 Å². The molecule has 3 N–H and O–H groups in total. The predicted octanol–water partition coefficient (Wildman–Crippen LogP) is 2.19. The fraction of sp³-hybridized carbons (Fsp3) is 0.200. The van der Waals surface area contributed by atoms with E-state index in [1.807, 2.05) is 18.2 Å². The molecule has 0 bridgehead atoms. The SMILES string of the molecule is NC(=NO)c1ccc(OCCCc2ccccc2)nc1. The number of nitrogens with two attached hydrogens (primary N) is 1. The van der Waals surface area contributed by atoms with Crippen LogP contribution in [0.25, 0.3) is 0 Å². The van der Waals surface area contributed by atoms with Crippen LogP contribution in [-0.4, -0.2) is 22.6 Å². The van der Waals surface area contributed by atoms with E-state index in [4.69, 9.17) is 15.7 Å². The lowest BCUT2D eigenvalue weighted by Crippen LogP contribution is -2.13. The topological polar surface area (TPSA) is 80.7 Å². The normalized spacial score (nSPS) is 11.3. The van der Waals surface area contributed by atoms with Gasteiger partial charge in [0.25, 0.3) is 0 Å². The lowest BCUT2D eigenvalue weighted by molar-refractivity contribution is 0.299. The molecule has 0 saturated carbocycles. The molecule has 0 aliphatic rings. The Morgan fingerprint density at radius 1 is 1.20 bits per heavy atom. The maximum Gasteiger partial charge on any atom is 0.213 e. The molecule has 0 unspecified atom stereocenters. The van der Waals surface area contributed by atoms with Crippen LogP contribution in [0, 0.1) is 0 Å². The fourth-order valence-corrected chi connectivity index (χ4v) is 1.77. The van der Waals surface area contributed by atoms with E-state index >= 15 is 0 Å². The third-order valence-electron chi connectivity index (χ3n) is 2.84. The van der Waals surface area contributed by atoms with Gasteiger partial charge in [-0.3, -0.25) is 0 Å². The number of aryl methyl sites for hydroxylation is 1. The molecule has 1 aromatic carbocycles. The highest BCUT2D eigenvalue weighted by atomic mass is 16.5. The number of amidine groups is 1. The molecule has 2 rings (SSSR count). The summed E-state index contributed by atoms with van der Waals surface area (Å²) in [6, 6.07) is 13.7. The Morgan fingerprint density at radius 3 is 2.65 bits per heavy atom. The van der Waals surface area contributed by atoms with Gasteiger partial charge >= 0.3 is 0 Å².